The highest BCUT2D eigenvalue weighted by Gasteiger charge is 2.46. The Morgan fingerprint density at radius 1 is 1.10 bits per heavy atom. The molecule has 1 saturated carbocycles. The standard InChI is InChI=1S/C29H39N5O5/c1-3-12-31-27(37)25(35)22(14-17-9-10-17)32-26(36)24-18(4-2)11-13-34(24)28(38)23(33-29(30)39)21-15-19-7-5-6-8-20(19)16-21/h3-8,17-18,21-24,29,33,39H,1-2,9-16,30H2,(H,31,37)(H,32,36)/t18-,22?,23-,24-,29?/m0/s1. The molecule has 1 saturated heterocycles. The third-order valence-electron chi connectivity index (χ3n) is 8.00. The van der Waals surface area contributed by atoms with E-state index in [0.717, 1.165) is 24.0 Å². The number of ketones is 1. The van der Waals surface area contributed by atoms with Crippen LogP contribution in [0.4, 0.5) is 0 Å². The summed E-state index contributed by atoms with van der Waals surface area (Å²) in [6.07, 6.45) is 5.76. The Morgan fingerprint density at radius 3 is 2.33 bits per heavy atom. The zero-order valence-electron chi connectivity index (χ0n) is 22.2. The van der Waals surface area contributed by atoms with Gasteiger partial charge in [-0.1, -0.05) is 49.3 Å². The van der Waals surface area contributed by atoms with E-state index in [-0.39, 0.29) is 30.2 Å². The Kier molecular flexibility index (Phi) is 9.32. The smallest absolute Gasteiger partial charge is 0.289 e. The molecule has 0 bridgehead atoms. The van der Waals surface area contributed by atoms with Crippen LogP contribution in [0, 0.1) is 17.8 Å². The molecule has 1 aromatic rings. The molecule has 39 heavy (non-hydrogen) atoms. The second-order valence-electron chi connectivity index (χ2n) is 10.8. The number of hydrogen-bond donors (Lipinski definition) is 5. The number of carbonyl (C=O) groups is 4. The van der Waals surface area contributed by atoms with Crippen molar-refractivity contribution in [1.29, 1.82) is 0 Å². The van der Waals surface area contributed by atoms with Gasteiger partial charge < -0.3 is 20.6 Å². The SMILES string of the molecule is C=CCNC(=O)C(=O)C(CC1CC1)NC(=O)[C@@H]1[C@@H](C=C)CCN1C(=O)[C@@H](NC(N)O)C1Cc2ccccc2C1. The lowest BCUT2D eigenvalue weighted by Gasteiger charge is -2.33. The third kappa shape index (κ3) is 6.81. The number of fused-ring (bicyclic) bond motifs is 1. The van der Waals surface area contributed by atoms with Crippen molar-refractivity contribution in [3.63, 3.8) is 0 Å². The van der Waals surface area contributed by atoms with Crippen LogP contribution < -0.4 is 21.7 Å². The lowest BCUT2D eigenvalue weighted by molar-refractivity contribution is -0.144. The Bertz CT molecular complexity index is 1090. The summed E-state index contributed by atoms with van der Waals surface area (Å²) in [6.45, 7) is 7.86. The van der Waals surface area contributed by atoms with Crippen molar-refractivity contribution in [2.45, 2.75) is 63.0 Å². The molecular weight excluding hydrogens is 498 g/mol. The average molecular weight is 538 g/mol. The summed E-state index contributed by atoms with van der Waals surface area (Å²) in [5, 5.41) is 18.1. The van der Waals surface area contributed by atoms with Crippen molar-refractivity contribution < 1.29 is 24.3 Å². The van der Waals surface area contributed by atoms with E-state index < -0.39 is 42.1 Å². The zero-order valence-corrected chi connectivity index (χ0v) is 22.2. The van der Waals surface area contributed by atoms with Gasteiger partial charge in [0.15, 0.2) is 6.35 Å². The Labute approximate surface area is 229 Å². The first-order valence-electron chi connectivity index (χ1n) is 13.7. The van der Waals surface area contributed by atoms with Crippen LogP contribution in [0.3, 0.4) is 0 Å². The van der Waals surface area contributed by atoms with Gasteiger partial charge in [-0.05, 0) is 48.6 Å². The van der Waals surface area contributed by atoms with E-state index in [1.807, 2.05) is 24.3 Å². The number of Topliss-reactive ketones (excluding diaryl/α,β-unsaturated/α-hetero) is 1. The highest BCUT2D eigenvalue weighted by atomic mass is 16.3. The molecule has 2 unspecified atom stereocenters. The number of nitrogens with one attached hydrogen (secondary N) is 3. The zero-order chi connectivity index (χ0) is 28.1. The fraction of sp³-hybridized carbons (Fsp3) is 0.517. The summed E-state index contributed by atoms with van der Waals surface area (Å²) < 4.78 is 0. The van der Waals surface area contributed by atoms with Crippen molar-refractivity contribution in [2.75, 3.05) is 13.1 Å². The number of benzene rings is 1. The molecule has 2 aliphatic carbocycles. The van der Waals surface area contributed by atoms with Gasteiger partial charge in [0.05, 0.1) is 12.1 Å². The van der Waals surface area contributed by atoms with E-state index >= 15 is 0 Å². The van der Waals surface area contributed by atoms with Crippen molar-refractivity contribution in [1.82, 2.24) is 20.9 Å². The second-order valence-corrected chi connectivity index (χ2v) is 10.8. The van der Waals surface area contributed by atoms with Crippen LogP contribution in [0.5, 0.6) is 0 Å². The number of rotatable bonds is 13. The van der Waals surface area contributed by atoms with Crippen LogP contribution >= 0.6 is 0 Å². The fourth-order valence-corrected chi connectivity index (χ4v) is 5.83. The summed E-state index contributed by atoms with van der Waals surface area (Å²) in [5.41, 5.74) is 7.95. The summed E-state index contributed by atoms with van der Waals surface area (Å²) in [4.78, 5) is 54.5. The quantitative estimate of drug-likeness (QED) is 0.136. The van der Waals surface area contributed by atoms with Crippen LogP contribution in [0.15, 0.2) is 49.6 Å². The van der Waals surface area contributed by atoms with E-state index in [0.29, 0.717) is 32.2 Å². The molecule has 0 spiro atoms. The highest BCUT2D eigenvalue weighted by molar-refractivity contribution is 6.38. The molecule has 1 aromatic carbocycles. The number of nitrogens with two attached hydrogens (primary N) is 1. The van der Waals surface area contributed by atoms with Crippen LogP contribution in [-0.4, -0.2) is 71.1 Å². The van der Waals surface area contributed by atoms with Gasteiger partial charge in [0.25, 0.3) is 5.91 Å². The van der Waals surface area contributed by atoms with E-state index in [1.165, 1.54) is 11.0 Å². The number of likely N-dealkylation sites (tertiary alicyclic amines) is 1. The van der Waals surface area contributed by atoms with Crippen LogP contribution in [0.1, 0.15) is 36.8 Å². The number of carbonyl (C=O) groups excluding carboxylic acids is 4. The minimum Gasteiger partial charge on any atom is -0.366 e. The molecular formula is C29H39N5O5. The molecule has 5 atom stereocenters. The van der Waals surface area contributed by atoms with Gasteiger partial charge in [0.1, 0.15) is 6.04 Å². The Morgan fingerprint density at radius 2 is 1.77 bits per heavy atom. The topological polar surface area (TPSA) is 154 Å². The minimum absolute atomic E-state index is 0.143. The van der Waals surface area contributed by atoms with Gasteiger partial charge in [0.2, 0.25) is 17.6 Å². The molecule has 10 heteroatoms. The fourth-order valence-electron chi connectivity index (χ4n) is 5.83. The Hall–Kier alpha value is -3.34. The van der Waals surface area contributed by atoms with Crippen LogP contribution in [0.2, 0.25) is 0 Å². The van der Waals surface area contributed by atoms with Crippen LogP contribution in [0.25, 0.3) is 0 Å². The third-order valence-corrected chi connectivity index (χ3v) is 8.00. The van der Waals surface area contributed by atoms with Crippen molar-refractivity contribution >= 4 is 23.5 Å². The maximum atomic E-state index is 14.0. The summed E-state index contributed by atoms with van der Waals surface area (Å²) in [5.74, 6) is -2.54. The molecule has 1 aliphatic heterocycles. The molecule has 6 N–H and O–H groups in total. The number of amides is 3. The molecule has 0 radical (unpaired) electrons. The van der Waals surface area contributed by atoms with E-state index in [4.69, 9.17) is 5.73 Å². The molecule has 210 valence electrons. The largest absolute Gasteiger partial charge is 0.366 e. The first-order valence-corrected chi connectivity index (χ1v) is 13.7. The van der Waals surface area contributed by atoms with Gasteiger partial charge in [-0.25, -0.2) is 0 Å². The monoisotopic (exact) mass is 537 g/mol. The number of hydrogen-bond acceptors (Lipinski definition) is 7. The van der Waals surface area contributed by atoms with Crippen LogP contribution in [-0.2, 0) is 32.0 Å². The van der Waals surface area contributed by atoms with E-state index in [9.17, 15) is 24.3 Å². The van der Waals surface area contributed by atoms with Crippen molar-refractivity contribution in [3.8, 4) is 0 Å². The van der Waals surface area contributed by atoms with Gasteiger partial charge in [-0.2, -0.15) is 0 Å². The Balaban J connectivity index is 1.52. The van der Waals surface area contributed by atoms with E-state index in [2.05, 4.69) is 29.1 Å². The maximum Gasteiger partial charge on any atom is 0.289 e. The lowest BCUT2D eigenvalue weighted by Crippen LogP contribution is -2.60. The number of aliphatic hydroxyl groups excluding tert-OH is 1. The van der Waals surface area contributed by atoms with Crippen molar-refractivity contribution in [3.05, 3.63) is 60.7 Å². The second kappa shape index (κ2) is 12.7. The number of nitrogens with zero attached hydrogens (tertiary/aromatic N) is 1. The molecule has 3 aliphatic rings. The predicted octanol–water partition coefficient (Wildman–Crippen LogP) is 0.154. The molecule has 3 amide bonds. The van der Waals surface area contributed by atoms with Gasteiger partial charge in [-0.15, -0.1) is 13.2 Å². The summed E-state index contributed by atoms with van der Waals surface area (Å²) in [6, 6.07) is 5.26. The van der Waals surface area contributed by atoms with E-state index in [1.54, 1.807) is 6.08 Å². The molecule has 10 nitrogen and oxygen atoms in total. The molecule has 1 heterocycles. The van der Waals surface area contributed by atoms with Gasteiger partial charge in [0, 0.05) is 19.0 Å². The molecule has 0 aromatic heterocycles. The maximum absolute atomic E-state index is 14.0. The van der Waals surface area contributed by atoms with Gasteiger partial charge in [-0.3, -0.25) is 30.2 Å². The molecule has 2 fully saturated rings. The lowest BCUT2D eigenvalue weighted by atomic mass is 9.94. The first-order chi connectivity index (χ1) is 18.7. The van der Waals surface area contributed by atoms with Crippen molar-refractivity contribution in [2.24, 2.45) is 23.5 Å². The predicted molar refractivity (Wildman–Crippen MR) is 146 cm³/mol. The summed E-state index contributed by atoms with van der Waals surface area (Å²) >= 11 is 0. The number of aliphatic hydroxyl groups is 1. The molecule has 4 rings (SSSR count). The minimum atomic E-state index is -1.41. The highest BCUT2D eigenvalue weighted by Crippen LogP contribution is 2.35. The summed E-state index contributed by atoms with van der Waals surface area (Å²) in [7, 11) is 0. The van der Waals surface area contributed by atoms with Gasteiger partial charge >= 0.3 is 0 Å². The first kappa shape index (κ1) is 28.7. The average Bonchev–Trinajstić information content (AvgIpc) is 3.46. The normalized spacial score (nSPS) is 22.9.